The Labute approximate surface area is 181 Å². The Hall–Kier alpha value is -3.20. The van der Waals surface area contributed by atoms with Gasteiger partial charge in [0.25, 0.3) is 0 Å². The van der Waals surface area contributed by atoms with E-state index in [9.17, 15) is 9.59 Å². The second-order valence-corrected chi connectivity index (χ2v) is 9.52. The number of nitrogens with one attached hydrogen (secondary N) is 4. The molecule has 0 spiro atoms. The Kier molecular flexibility index (Phi) is 4.31. The van der Waals surface area contributed by atoms with E-state index >= 15 is 0 Å². The lowest BCUT2D eigenvalue weighted by molar-refractivity contribution is -0.125. The molecule has 0 saturated heterocycles. The molecular formula is C22H22N6O2S. The molecule has 0 aliphatic heterocycles. The number of carbonyl (C=O) groups is 1. The number of anilines is 2. The molecule has 0 bridgehead atoms. The smallest absolute Gasteiger partial charge is 0.305 e. The van der Waals surface area contributed by atoms with E-state index in [1.54, 1.807) is 6.33 Å². The summed E-state index contributed by atoms with van der Waals surface area (Å²) in [5, 5.41) is 7.48. The van der Waals surface area contributed by atoms with Crippen LogP contribution in [0.1, 0.15) is 30.5 Å². The third-order valence-electron chi connectivity index (χ3n) is 6.29. The number of amides is 1. The Morgan fingerprint density at radius 1 is 1.19 bits per heavy atom. The highest BCUT2D eigenvalue weighted by Crippen LogP contribution is 2.36. The topological polar surface area (TPSA) is 116 Å². The number of nitrogens with zero attached hydrogens (tertiary/aromatic N) is 2. The summed E-state index contributed by atoms with van der Waals surface area (Å²) in [6.45, 7) is 0.805. The van der Waals surface area contributed by atoms with Crippen LogP contribution in [0.3, 0.4) is 0 Å². The van der Waals surface area contributed by atoms with Crippen molar-refractivity contribution >= 4 is 50.0 Å². The minimum absolute atomic E-state index is 0.0215. The Bertz CT molecular complexity index is 1370. The van der Waals surface area contributed by atoms with Crippen molar-refractivity contribution in [1.82, 2.24) is 25.3 Å². The van der Waals surface area contributed by atoms with Gasteiger partial charge >= 0.3 is 4.87 Å². The molecule has 1 atom stereocenters. The molecule has 1 aromatic carbocycles. The highest BCUT2D eigenvalue weighted by molar-refractivity contribution is 7.16. The van der Waals surface area contributed by atoms with Gasteiger partial charge in [-0.3, -0.25) is 9.59 Å². The van der Waals surface area contributed by atoms with Gasteiger partial charge in [-0.05, 0) is 61.8 Å². The molecular weight excluding hydrogens is 412 g/mol. The zero-order chi connectivity index (χ0) is 20.9. The Morgan fingerprint density at radius 2 is 2.10 bits per heavy atom. The normalized spacial score (nSPS) is 18.3. The molecule has 1 unspecified atom stereocenters. The number of rotatable bonds is 5. The van der Waals surface area contributed by atoms with Crippen LogP contribution in [0.15, 0.2) is 29.3 Å². The lowest BCUT2D eigenvalue weighted by Gasteiger charge is -2.22. The Balaban J connectivity index is 1.31. The predicted molar refractivity (Wildman–Crippen MR) is 121 cm³/mol. The summed E-state index contributed by atoms with van der Waals surface area (Å²) in [6.07, 6.45) is 6.36. The minimum Gasteiger partial charge on any atom is -0.356 e. The first-order chi connectivity index (χ1) is 15.1. The third kappa shape index (κ3) is 3.48. The number of fused-ring (bicyclic) bond motifs is 4. The molecule has 2 aliphatic carbocycles. The molecule has 4 N–H and O–H groups in total. The van der Waals surface area contributed by atoms with Gasteiger partial charge in [0.05, 0.1) is 15.6 Å². The summed E-state index contributed by atoms with van der Waals surface area (Å²) in [5.74, 6) is 1.53. The van der Waals surface area contributed by atoms with Crippen molar-refractivity contribution in [2.24, 2.45) is 11.8 Å². The van der Waals surface area contributed by atoms with E-state index in [0.717, 1.165) is 57.6 Å². The molecule has 1 saturated carbocycles. The first kappa shape index (κ1) is 18.6. The van der Waals surface area contributed by atoms with Crippen LogP contribution in [0.4, 0.5) is 11.5 Å². The van der Waals surface area contributed by atoms with Gasteiger partial charge in [-0.2, -0.15) is 0 Å². The maximum Gasteiger partial charge on any atom is 0.305 e. The van der Waals surface area contributed by atoms with E-state index in [-0.39, 0.29) is 16.7 Å². The zero-order valence-corrected chi connectivity index (χ0v) is 17.6. The molecule has 1 fully saturated rings. The maximum absolute atomic E-state index is 12.7. The first-order valence-corrected chi connectivity index (χ1v) is 11.5. The highest BCUT2D eigenvalue weighted by Gasteiger charge is 2.30. The quantitative estimate of drug-likeness (QED) is 0.385. The monoisotopic (exact) mass is 434 g/mol. The van der Waals surface area contributed by atoms with Gasteiger partial charge in [0, 0.05) is 23.8 Å². The van der Waals surface area contributed by atoms with Crippen LogP contribution in [-0.2, 0) is 17.6 Å². The number of benzene rings is 1. The van der Waals surface area contributed by atoms with Crippen molar-refractivity contribution in [3.8, 4) is 0 Å². The van der Waals surface area contributed by atoms with E-state index in [1.807, 2.05) is 18.2 Å². The van der Waals surface area contributed by atoms with Crippen LogP contribution in [-0.4, -0.2) is 32.4 Å². The van der Waals surface area contributed by atoms with Crippen molar-refractivity contribution in [3.63, 3.8) is 0 Å². The summed E-state index contributed by atoms with van der Waals surface area (Å²) < 4.78 is 0.892. The van der Waals surface area contributed by atoms with E-state index < -0.39 is 0 Å². The lowest BCUT2D eigenvalue weighted by Crippen LogP contribution is -2.35. The predicted octanol–water partition coefficient (Wildman–Crippen LogP) is 3.24. The number of aromatic nitrogens is 4. The SMILES string of the molecule is O=C(NCC1CC1)C1CCc2[nH]c3ncnc(Nc4ccc5[nH]c(=O)sc5c4)c3c2C1. The molecule has 31 heavy (non-hydrogen) atoms. The van der Waals surface area contributed by atoms with Gasteiger partial charge in [0.1, 0.15) is 17.8 Å². The average Bonchev–Trinajstić information content (AvgIpc) is 3.41. The largest absolute Gasteiger partial charge is 0.356 e. The molecule has 2 aliphatic rings. The fourth-order valence-corrected chi connectivity index (χ4v) is 5.21. The zero-order valence-electron chi connectivity index (χ0n) is 16.8. The molecule has 6 rings (SSSR count). The summed E-state index contributed by atoms with van der Waals surface area (Å²) in [6, 6.07) is 5.76. The average molecular weight is 435 g/mol. The number of carbonyl (C=O) groups excluding carboxylic acids is 1. The van der Waals surface area contributed by atoms with Crippen LogP contribution < -0.4 is 15.5 Å². The van der Waals surface area contributed by atoms with Gasteiger partial charge in [-0.15, -0.1) is 0 Å². The van der Waals surface area contributed by atoms with E-state index in [1.165, 1.54) is 24.2 Å². The van der Waals surface area contributed by atoms with Gasteiger partial charge in [-0.25, -0.2) is 9.97 Å². The molecule has 9 heteroatoms. The number of hydrogen-bond donors (Lipinski definition) is 4. The van der Waals surface area contributed by atoms with Crippen molar-refractivity contribution in [2.45, 2.75) is 32.1 Å². The van der Waals surface area contributed by atoms with Crippen LogP contribution >= 0.6 is 11.3 Å². The second kappa shape index (κ2) is 7.19. The number of hydrogen-bond acceptors (Lipinski definition) is 6. The number of H-pyrrole nitrogens is 2. The standard InChI is InChI=1S/C22H22N6O2S/c29-21(23-9-11-1-2-11)12-3-5-15-14(7-12)18-19(24-10-25-20(18)27-15)26-13-4-6-16-17(8-13)31-22(30)28-16/h4,6,8,10-12H,1-3,5,7,9H2,(H,23,29)(H,28,30)(H2,24,25,26,27). The van der Waals surface area contributed by atoms with Crippen molar-refractivity contribution in [2.75, 3.05) is 11.9 Å². The first-order valence-electron chi connectivity index (χ1n) is 10.7. The molecule has 0 radical (unpaired) electrons. The molecule has 8 nitrogen and oxygen atoms in total. The van der Waals surface area contributed by atoms with Crippen molar-refractivity contribution in [3.05, 3.63) is 45.5 Å². The van der Waals surface area contributed by atoms with Gasteiger partial charge in [0.2, 0.25) is 5.91 Å². The molecule has 158 valence electrons. The number of aryl methyl sites for hydroxylation is 1. The summed E-state index contributed by atoms with van der Waals surface area (Å²) >= 11 is 1.18. The lowest BCUT2D eigenvalue weighted by atomic mass is 9.86. The fourth-order valence-electron chi connectivity index (χ4n) is 4.43. The van der Waals surface area contributed by atoms with Crippen molar-refractivity contribution in [1.29, 1.82) is 0 Å². The van der Waals surface area contributed by atoms with Crippen LogP contribution in [0.25, 0.3) is 21.3 Å². The number of thiazole rings is 1. The maximum atomic E-state index is 12.7. The fraction of sp³-hybridized carbons (Fsp3) is 0.364. The third-order valence-corrected chi connectivity index (χ3v) is 7.14. The van der Waals surface area contributed by atoms with Gasteiger partial charge in [0.15, 0.2) is 0 Å². The second-order valence-electron chi connectivity index (χ2n) is 8.51. The van der Waals surface area contributed by atoms with E-state index in [0.29, 0.717) is 18.2 Å². The highest BCUT2D eigenvalue weighted by atomic mass is 32.1. The molecule has 1 amide bonds. The molecule has 4 aromatic rings. The van der Waals surface area contributed by atoms with Gasteiger partial charge < -0.3 is 20.6 Å². The molecule has 3 heterocycles. The van der Waals surface area contributed by atoms with E-state index in [4.69, 9.17) is 0 Å². The summed E-state index contributed by atoms with van der Waals surface area (Å²) in [4.78, 5) is 39.4. The number of aromatic amines is 2. The van der Waals surface area contributed by atoms with Crippen LogP contribution in [0.5, 0.6) is 0 Å². The van der Waals surface area contributed by atoms with Crippen molar-refractivity contribution < 1.29 is 4.79 Å². The van der Waals surface area contributed by atoms with Crippen LogP contribution in [0.2, 0.25) is 0 Å². The Morgan fingerprint density at radius 3 is 2.97 bits per heavy atom. The van der Waals surface area contributed by atoms with Gasteiger partial charge in [-0.1, -0.05) is 11.3 Å². The summed E-state index contributed by atoms with van der Waals surface area (Å²) in [5.41, 5.74) is 4.74. The summed E-state index contributed by atoms with van der Waals surface area (Å²) in [7, 11) is 0. The van der Waals surface area contributed by atoms with Crippen LogP contribution in [0, 0.1) is 11.8 Å². The minimum atomic E-state index is -0.0673. The molecule has 3 aromatic heterocycles. The van der Waals surface area contributed by atoms with E-state index in [2.05, 4.69) is 30.6 Å².